The van der Waals surface area contributed by atoms with Crippen molar-refractivity contribution in [3.05, 3.63) is 0 Å². The molecule has 0 aliphatic rings. The fraction of sp³-hybridized carbons (Fsp3) is 1.00. The highest BCUT2D eigenvalue weighted by Crippen LogP contribution is 2.13. The normalized spacial score (nSPS) is 16.0. The van der Waals surface area contributed by atoms with E-state index in [9.17, 15) is 0 Å². The Hall–Kier alpha value is -0.0800. The summed E-state index contributed by atoms with van der Waals surface area (Å²) in [6.45, 7) is 6.08. The molecular weight excluding hydrogens is 148 g/mol. The van der Waals surface area contributed by atoms with Gasteiger partial charge in [0.25, 0.3) is 0 Å². The first-order valence-corrected chi connectivity index (χ1v) is 5.14. The van der Waals surface area contributed by atoms with Gasteiger partial charge < -0.3 is 11.5 Å². The molecule has 0 fully saturated rings. The summed E-state index contributed by atoms with van der Waals surface area (Å²) in [4.78, 5) is 0. The summed E-state index contributed by atoms with van der Waals surface area (Å²) < 4.78 is 0. The number of hydrogen-bond donors (Lipinski definition) is 2. The molecule has 0 aromatic carbocycles. The minimum atomic E-state index is 0.681. The second kappa shape index (κ2) is 7.56. The van der Waals surface area contributed by atoms with E-state index in [1.54, 1.807) is 0 Å². The smallest absolute Gasteiger partial charge is 0.00490 e. The van der Waals surface area contributed by atoms with E-state index in [-0.39, 0.29) is 0 Å². The van der Waals surface area contributed by atoms with E-state index in [1.165, 1.54) is 25.7 Å². The lowest BCUT2D eigenvalue weighted by Gasteiger charge is -2.13. The van der Waals surface area contributed by atoms with Crippen molar-refractivity contribution in [2.75, 3.05) is 13.1 Å². The molecule has 0 aliphatic carbocycles. The standard InChI is InChI=1S/C10H24N2/c1-3-10(8-12)6-4-5-9(2)7-11/h9-10H,3-8,11-12H2,1-2H3. The van der Waals surface area contributed by atoms with Crippen LogP contribution in [0, 0.1) is 11.8 Å². The SMILES string of the molecule is CCC(CN)CCCC(C)CN. The Kier molecular flexibility index (Phi) is 7.51. The molecule has 0 rings (SSSR count). The van der Waals surface area contributed by atoms with Gasteiger partial charge in [-0.25, -0.2) is 0 Å². The molecule has 0 heterocycles. The van der Waals surface area contributed by atoms with E-state index in [4.69, 9.17) is 11.5 Å². The van der Waals surface area contributed by atoms with Crippen molar-refractivity contribution in [3.8, 4) is 0 Å². The van der Waals surface area contributed by atoms with Gasteiger partial charge in [0.2, 0.25) is 0 Å². The average Bonchev–Trinajstić information content (AvgIpc) is 2.12. The Morgan fingerprint density at radius 3 is 2.17 bits per heavy atom. The highest BCUT2D eigenvalue weighted by molar-refractivity contribution is 4.60. The molecule has 74 valence electrons. The van der Waals surface area contributed by atoms with Crippen LogP contribution in [0.3, 0.4) is 0 Å². The third-order valence-electron chi connectivity index (χ3n) is 2.62. The number of nitrogens with two attached hydrogens (primary N) is 2. The maximum atomic E-state index is 5.61. The van der Waals surface area contributed by atoms with Gasteiger partial charge in [-0.05, 0) is 37.8 Å². The molecule has 0 spiro atoms. The Morgan fingerprint density at radius 2 is 1.75 bits per heavy atom. The van der Waals surface area contributed by atoms with Gasteiger partial charge in [-0.2, -0.15) is 0 Å². The summed E-state index contributed by atoms with van der Waals surface area (Å²) in [5, 5.41) is 0. The average molecular weight is 172 g/mol. The zero-order chi connectivity index (χ0) is 9.40. The van der Waals surface area contributed by atoms with Gasteiger partial charge in [-0.1, -0.05) is 26.7 Å². The van der Waals surface area contributed by atoms with Crippen molar-refractivity contribution in [3.63, 3.8) is 0 Å². The second-order valence-electron chi connectivity index (χ2n) is 3.78. The summed E-state index contributed by atoms with van der Waals surface area (Å²) in [7, 11) is 0. The molecule has 0 bridgehead atoms. The van der Waals surface area contributed by atoms with Crippen LogP contribution in [-0.4, -0.2) is 13.1 Å². The van der Waals surface area contributed by atoms with Crippen LogP contribution in [0.15, 0.2) is 0 Å². The Labute approximate surface area is 76.7 Å². The topological polar surface area (TPSA) is 52.0 Å². The molecule has 2 nitrogen and oxygen atoms in total. The Bertz CT molecular complexity index is 89.8. The van der Waals surface area contributed by atoms with Gasteiger partial charge in [-0.15, -0.1) is 0 Å². The van der Waals surface area contributed by atoms with Gasteiger partial charge in [0.1, 0.15) is 0 Å². The van der Waals surface area contributed by atoms with Gasteiger partial charge >= 0.3 is 0 Å². The van der Waals surface area contributed by atoms with Crippen LogP contribution in [0.4, 0.5) is 0 Å². The zero-order valence-electron chi connectivity index (χ0n) is 8.55. The van der Waals surface area contributed by atoms with E-state index >= 15 is 0 Å². The van der Waals surface area contributed by atoms with Crippen molar-refractivity contribution in [2.24, 2.45) is 23.3 Å². The first kappa shape index (κ1) is 11.9. The monoisotopic (exact) mass is 172 g/mol. The van der Waals surface area contributed by atoms with E-state index in [2.05, 4.69) is 13.8 Å². The van der Waals surface area contributed by atoms with Gasteiger partial charge in [0.15, 0.2) is 0 Å². The molecule has 0 radical (unpaired) electrons. The zero-order valence-corrected chi connectivity index (χ0v) is 8.55. The lowest BCUT2D eigenvalue weighted by Crippen LogP contribution is -2.15. The summed E-state index contributed by atoms with van der Waals surface area (Å²) in [6, 6.07) is 0. The lowest BCUT2D eigenvalue weighted by molar-refractivity contribution is 0.421. The van der Waals surface area contributed by atoms with Crippen molar-refractivity contribution in [1.82, 2.24) is 0 Å². The molecule has 0 saturated heterocycles. The summed E-state index contributed by atoms with van der Waals surface area (Å²) in [5.41, 5.74) is 11.1. The van der Waals surface area contributed by atoms with Crippen LogP contribution in [0.2, 0.25) is 0 Å². The van der Waals surface area contributed by atoms with Gasteiger partial charge in [-0.3, -0.25) is 0 Å². The summed E-state index contributed by atoms with van der Waals surface area (Å²) >= 11 is 0. The first-order chi connectivity index (χ1) is 5.74. The van der Waals surface area contributed by atoms with Crippen LogP contribution in [0.1, 0.15) is 39.5 Å². The first-order valence-electron chi connectivity index (χ1n) is 5.14. The van der Waals surface area contributed by atoms with Crippen molar-refractivity contribution >= 4 is 0 Å². The van der Waals surface area contributed by atoms with E-state index < -0.39 is 0 Å². The molecular formula is C10H24N2. The quantitative estimate of drug-likeness (QED) is 0.614. The van der Waals surface area contributed by atoms with Crippen LogP contribution < -0.4 is 11.5 Å². The molecule has 0 aromatic rings. The molecule has 0 aromatic heterocycles. The number of rotatable bonds is 7. The third-order valence-corrected chi connectivity index (χ3v) is 2.62. The molecule has 0 saturated carbocycles. The largest absolute Gasteiger partial charge is 0.330 e. The van der Waals surface area contributed by atoms with Gasteiger partial charge in [0, 0.05) is 0 Å². The lowest BCUT2D eigenvalue weighted by atomic mass is 9.96. The predicted octanol–water partition coefficient (Wildman–Crippen LogP) is 1.74. The highest BCUT2D eigenvalue weighted by Gasteiger charge is 2.04. The van der Waals surface area contributed by atoms with Crippen LogP contribution in [0.25, 0.3) is 0 Å². The van der Waals surface area contributed by atoms with Crippen molar-refractivity contribution < 1.29 is 0 Å². The van der Waals surface area contributed by atoms with Crippen molar-refractivity contribution in [1.29, 1.82) is 0 Å². The molecule has 2 unspecified atom stereocenters. The molecule has 2 atom stereocenters. The number of hydrogen-bond acceptors (Lipinski definition) is 2. The minimum Gasteiger partial charge on any atom is -0.330 e. The van der Waals surface area contributed by atoms with E-state index in [0.29, 0.717) is 5.92 Å². The van der Waals surface area contributed by atoms with E-state index in [0.717, 1.165) is 19.0 Å². The Morgan fingerprint density at radius 1 is 1.08 bits per heavy atom. The van der Waals surface area contributed by atoms with E-state index in [1.807, 2.05) is 0 Å². The molecule has 0 amide bonds. The molecule has 4 N–H and O–H groups in total. The minimum absolute atomic E-state index is 0.681. The van der Waals surface area contributed by atoms with Crippen molar-refractivity contribution in [2.45, 2.75) is 39.5 Å². The maximum Gasteiger partial charge on any atom is -0.00490 e. The third kappa shape index (κ3) is 5.56. The second-order valence-corrected chi connectivity index (χ2v) is 3.78. The van der Waals surface area contributed by atoms with Crippen LogP contribution >= 0.6 is 0 Å². The fourth-order valence-electron chi connectivity index (χ4n) is 1.36. The molecule has 0 aliphatic heterocycles. The molecule has 12 heavy (non-hydrogen) atoms. The highest BCUT2D eigenvalue weighted by atomic mass is 14.5. The van der Waals surface area contributed by atoms with Crippen LogP contribution in [0.5, 0.6) is 0 Å². The van der Waals surface area contributed by atoms with Crippen LogP contribution in [-0.2, 0) is 0 Å². The predicted molar refractivity (Wildman–Crippen MR) is 54.9 cm³/mol. The van der Waals surface area contributed by atoms with Gasteiger partial charge in [0.05, 0.1) is 0 Å². The fourth-order valence-corrected chi connectivity index (χ4v) is 1.36. The Balaban J connectivity index is 3.28. The summed E-state index contributed by atoms with van der Waals surface area (Å²) in [5.74, 6) is 1.41. The molecule has 2 heteroatoms. The summed E-state index contributed by atoms with van der Waals surface area (Å²) in [6.07, 6.45) is 5.03. The maximum absolute atomic E-state index is 5.61.